The highest BCUT2D eigenvalue weighted by Crippen LogP contribution is 2.41. The first-order valence-electron chi connectivity index (χ1n) is 10.3. The number of alkyl carbamates (subject to hydrolysis) is 1. The molecule has 8 heteroatoms. The van der Waals surface area contributed by atoms with Gasteiger partial charge in [-0.25, -0.2) is 9.59 Å². The van der Waals surface area contributed by atoms with Gasteiger partial charge in [0.05, 0.1) is 13.2 Å². The van der Waals surface area contributed by atoms with E-state index in [0.717, 1.165) is 27.8 Å². The van der Waals surface area contributed by atoms with Gasteiger partial charge in [-0.2, -0.15) is 0 Å². The van der Waals surface area contributed by atoms with Crippen LogP contribution in [0.1, 0.15) is 41.6 Å². The number of halogens is 1. The molecule has 0 fully saturated rings. The fraction of sp³-hybridized carbons (Fsp3) is 0.333. The first kappa shape index (κ1) is 23.5. The molecule has 0 saturated heterocycles. The van der Waals surface area contributed by atoms with E-state index in [1.165, 1.54) is 4.90 Å². The Morgan fingerprint density at radius 2 is 2.00 bits per heavy atom. The Hall–Kier alpha value is -3.19. The predicted octanol–water partition coefficient (Wildman–Crippen LogP) is 5.41. The van der Waals surface area contributed by atoms with E-state index in [1.54, 1.807) is 13.2 Å². The number of ether oxygens (including phenoxy) is 2. The molecule has 3 rings (SSSR count). The lowest BCUT2D eigenvalue weighted by Gasteiger charge is -2.27. The molecule has 1 aliphatic rings. The van der Waals surface area contributed by atoms with E-state index < -0.39 is 18.2 Å². The summed E-state index contributed by atoms with van der Waals surface area (Å²) in [5, 5.41) is 12.6. The van der Waals surface area contributed by atoms with Crippen LogP contribution in [0.5, 0.6) is 5.75 Å². The van der Waals surface area contributed by atoms with Crippen molar-refractivity contribution in [2.24, 2.45) is 0 Å². The van der Waals surface area contributed by atoms with Gasteiger partial charge in [0, 0.05) is 29.2 Å². The molecule has 1 aliphatic heterocycles. The number of nitrogens with zero attached hydrogens (tertiary/aromatic N) is 1. The predicted molar refractivity (Wildman–Crippen MR) is 123 cm³/mol. The molecule has 0 aromatic heterocycles. The van der Waals surface area contributed by atoms with Crippen molar-refractivity contribution in [1.82, 2.24) is 10.2 Å². The average Bonchev–Trinajstić information content (AvgIpc) is 2.79. The molecule has 1 atom stereocenters. The lowest BCUT2D eigenvalue weighted by Crippen LogP contribution is -2.33. The van der Waals surface area contributed by atoms with Crippen LogP contribution in [0, 0.1) is 6.92 Å². The van der Waals surface area contributed by atoms with Gasteiger partial charge in [-0.1, -0.05) is 48.0 Å². The number of benzene rings is 2. The third-order valence-electron chi connectivity index (χ3n) is 5.52. The average molecular weight is 459 g/mol. The van der Waals surface area contributed by atoms with Crippen LogP contribution in [0.25, 0.3) is 5.57 Å². The summed E-state index contributed by atoms with van der Waals surface area (Å²) in [6.07, 6.45) is 0.942. The molecule has 0 spiro atoms. The normalized spacial score (nSPS) is 14.4. The molecule has 32 heavy (non-hydrogen) atoms. The maximum absolute atomic E-state index is 12.4. The van der Waals surface area contributed by atoms with Crippen molar-refractivity contribution in [2.75, 3.05) is 20.2 Å². The summed E-state index contributed by atoms with van der Waals surface area (Å²) in [5.41, 5.74) is 4.27. The molecule has 2 N–H and O–H groups in total. The number of rotatable bonds is 6. The molecule has 1 heterocycles. The van der Waals surface area contributed by atoms with Crippen molar-refractivity contribution in [3.8, 4) is 5.75 Å². The first-order chi connectivity index (χ1) is 15.3. The number of hydrogen-bond donors (Lipinski definition) is 2. The van der Waals surface area contributed by atoms with Crippen LogP contribution < -0.4 is 10.1 Å². The van der Waals surface area contributed by atoms with Crippen LogP contribution in [0.15, 0.2) is 42.5 Å². The Kier molecular flexibility index (Phi) is 7.64. The minimum atomic E-state index is -0.942. The lowest BCUT2D eigenvalue weighted by atomic mass is 9.90. The van der Waals surface area contributed by atoms with Crippen LogP contribution in [0.3, 0.4) is 0 Å². The molecule has 0 saturated carbocycles. The summed E-state index contributed by atoms with van der Waals surface area (Å²) in [4.78, 5) is 24.9. The molecule has 1 unspecified atom stereocenters. The van der Waals surface area contributed by atoms with Crippen LogP contribution in [0.2, 0.25) is 5.02 Å². The van der Waals surface area contributed by atoms with Gasteiger partial charge in [0.2, 0.25) is 0 Å². The van der Waals surface area contributed by atoms with Crippen LogP contribution in [-0.2, 0) is 11.3 Å². The number of carboxylic acid groups (broad SMARTS) is 1. The van der Waals surface area contributed by atoms with E-state index >= 15 is 0 Å². The quantitative estimate of drug-likeness (QED) is 0.604. The molecule has 2 aromatic carbocycles. The molecule has 0 bridgehead atoms. The van der Waals surface area contributed by atoms with Gasteiger partial charge in [0.1, 0.15) is 12.4 Å². The Bertz CT molecular complexity index is 1020. The van der Waals surface area contributed by atoms with Crippen molar-refractivity contribution in [1.29, 1.82) is 0 Å². The van der Waals surface area contributed by atoms with Crippen molar-refractivity contribution >= 4 is 29.4 Å². The van der Waals surface area contributed by atoms with E-state index in [1.807, 2.05) is 50.3 Å². The van der Waals surface area contributed by atoms with Crippen molar-refractivity contribution < 1.29 is 24.2 Å². The third-order valence-corrected chi connectivity index (χ3v) is 5.92. The first-order valence-corrected chi connectivity index (χ1v) is 10.7. The Morgan fingerprint density at radius 1 is 1.28 bits per heavy atom. The minimum absolute atomic E-state index is 0.170. The lowest BCUT2D eigenvalue weighted by molar-refractivity contribution is 0.136. The summed E-state index contributed by atoms with van der Waals surface area (Å²) in [5.74, 6) is 0.609. The molecule has 7 nitrogen and oxygen atoms in total. The number of amides is 2. The maximum atomic E-state index is 12.4. The fourth-order valence-corrected chi connectivity index (χ4v) is 3.97. The van der Waals surface area contributed by atoms with Crippen LogP contribution in [-0.4, -0.2) is 42.4 Å². The standard InChI is InChI=1S/C24H27ClN2O5/c1-15-20(25)13-19(16(2)26-23(28)32-14-17-7-5-4-6-8-17)22(31-3)21(15)18-9-11-27(12-10-18)24(29)30/h4-9,13,16H,10-12,14H2,1-3H3,(H,26,28)(H,29,30). The molecular weight excluding hydrogens is 432 g/mol. The van der Waals surface area contributed by atoms with E-state index in [-0.39, 0.29) is 6.61 Å². The molecule has 170 valence electrons. The SMILES string of the molecule is COc1c(C(C)NC(=O)OCc2ccccc2)cc(Cl)c(C)c1C1=CCN(C(=O)O)CC1. The van der Waals surface area contributed by atoms with Crippen molar-refractivity contribution in [3.63, 3.8) is 0 Å². The number of hydrogen-bond acceptors (Lipinski definition) is 4. The zero-order chi connectivity index (χ0) is 23.3. The minimum Gasteiger partial charge on any atom is -0.496 e. The number of carbonyl (C=O) groups excluding carboxylic acids is 1. The van der Waals surface area contributed by atoms with Crippen LogP contribution >= 0.6 is 11.6 Å². The summed E-state index contributed by atoms with van der Waals surface area (Å²) >= 11 is 6.54. The number of carbonyl (C=O) groups is 2. The number of nitrogens with one attached hydrogen (secondary N) is 1. The van der Waals surface area contributed by atoms with Gasteiger partial charge >= 0.3 is 12.2 Å². The van der Waals surface area contributed by atoms with Gasteiger partial charge in [-0.05, 0) is 43.0 Å². The van der Waals surface area contributed by atoms with E-state index in [2.05, 4.69) is 5.32 Å². The van der Waals surface area contributed by atoms with Crippen molar-refractivity contribution in [2.45, 2.75) is 32.9 Å². The van der Waals surface area contributed by atoms with Gasteiger partial charge in [-0.15, -0.1) is 0 Å². The third kappa shape index (κ3) is 5.34. The highest BCUT2D eigenvalue weighted by Gasteiger charge is 2.25. The summed E-state index contributed by atoms with van der Waals surface area (Å²) < 4.78 is 11.1. The summed E-state index contributed by atoms with van der Waals surface area (Å²) in [7, 11) is 1.57. The van der Waals surface area contributed by atoms with Crippen molar-refractivity contribution in [3.05, 3.63) is 69.8 Å². The zero-order valence-corrected chi connectivity index (χ0v) is 19.1. The molecule has 0 aliphatic carbocycles. The van der Waals surface area contributed by atoms with Gasteiger partial charge in [-0.3, -0.25) is 0 Å². The van der Waals surface area contributed by atoms with Gasteiger partial charge in [0.15, 0.2) is 0 Å². The highest BCUT2D eigenvalue weighted by atomic mass is 35.5. The van der Waals surface area contributed by atoms with Gasteiger partial charge < -0.3 is 24.8 Å². The molecule has 2 amide bonds. The molecule has 0 radical (unpaired) electrons. The van der Waals surface area contributed by atoms with E-state index in [4.69, 9.17) is 21.1 Å². The fourth-order valence-electron chi connectivity index (χ4n) is 3.76. The second-order valence-electron chi connectivity index (χ2n) is 7.62. The second kappa shape index (κ2) is 10.4. The van der Waals surface area contributed by atoms with Crippen LogP contribution in [0.4, 0.5) is 9.59 Å². The smallest absolute Gasteiger partial charge is 0.407 e. The van der Waals surface area contributed by atoms with E-state index in [0.29, 0.717) is 30.3 Å². The topological polar surface area (TPSA) is 88.1 Å². The zero-order valence-electron chi connectivity index (χ0n) is 18.4. The molecular formula is C24H27ClN2O5. The Morgan fingerprint density at radius 3 is 2.59 bits per heavy atom. The number of methoxy groups -OCH3 is 1. The largest absolute Gasteiger partial charge is 0.496 e. The van der Waals surface area contributed by atoms with E-state index in [9.17, 15) is 14.7 Å². The molecule has 2 aromatic rings. The van der Waals surface area contributed by atoms with Gasteiger partial charge in [0.25, 0.3) is 0 Å². The summed E-state index contributed by atoms with van der Waals surface area (Å²) in [6.45, 7) is 4.60. The summed E-state index contributed by atoms with van der Waals surface area (Å²) in [6, 6.07) is 10.8. The monoisotopic (exact) mass is 458 g/mol. The maximum Gasteiger partial charge on any atom is 0.407 e. The second-order valence-corrected chi connectivity index (χ2v) is 8.02. The Balaban J connectivity index is 1.82. The highest BCUT2D eigenvalue weighted by molar-refractivity contribution is 6.31. The Labute approximate surface area is 192 Å².